The van der Waals surface area contributed by atoms with Gasteiger partial charge >= 0.3 is 0 Å². The summed E-state index contributed by atoms with van der Waals surface area (Å²) in [5, 5.41) is 0. The van der Waals surface area contributed by atoms with Crippen LogP contribution in [0.2, 0.25) is 0 Å². The van der Waals surface area contributed by atoms with Gasteiger partial charge in [-0.2, -0.15) is 0 Å². The minimum absolute atomic E-state index is 0.107. The average molecular weight is 249 g/mol. The predicted octanol–water partition coefficient (Wildman–Crippen LogP) is 2.59. The van der Waals surface area contributed by atoms with Crippen LogP contribution in [0.15, 0.2) is 4.42 Å². The van der Waals surface area contributed by atoms with Gasteiger partial charge in [-0.3, -0.25) is 9.59 Å². The van der Waals surface area contributed by atoms with Crippen LogP contribution in [0.5, 0.6) is 0 Å². The Kier molecular flexibility index (Phi) is 3.55. The van der Waals surface area contributed by atoms with Crippen LogP contribution in [0.4, 0.5) is 0 Å². The molecule has 1 aromatic rings. The summed E-state index contributed by atoms with van der Waals surface area (Å²) >= 11 is 0. The monoisotopic (exact) mass is 249 g/mol. The van der Waals surface area contributed by atoms with Gasteiger partial charge in [0.15, 0.2) is 11.5 Å². The van der Waals surface area contributed by atoms with Crippen molar-refractivity contribution in [3.05, 3.63) is 22.6 Å². The average Bonchev–Trinajstić information content (AvgIpc) is 2.69. The van der Waals surface area contributed by atoms with Crippen LogP contribution in [0.25, 0.3) is 0 Å². The van der Waals surface area contributed by atoms with E-state index in [1.54, 1.807) is 4.90 Å². The molecule has 0 saturated carbocycles. The number of hydrogen-bond donors (Lipinski definition) is 0. The molecule has 1 aromatic heterocycles. The highest BCUT2D eigenvalue weighted by molar-refractivity contribution is 6.03. The Bertz CT molecular complexity index is 483. The first-order valence-electron chi connectivity index (χ1n) is 6.54. The van der Waals surface area contributed by atoms with Gasteiger partial charge in [-0.05, 0) is 27.2 Å². The molecule has 0 N–H and O–H groups in total. The molecular formula is C14H19NO3. The number of amides is 1. The zero-order valence-electron chi connectivity index (χ0n) is 11.2. The van der Waals surface area contributed by atoms with Gasteiger partial charge in [0.1, 0.15) is 5.76 Å². The second kappa shape index (κ2) is 4.96. The van der Waals surface area contributed by atoms with Crippen LogP contribution in [0.1, 0.15) is 58.9 Å². The molecule has 0 radical (unpaired) electrons. The first-order valence-corrected chi connectivity index (χ1v) is 6.54. The summed E-state index contributed by atoms with van der Waals surface area (Å²) in [7, 11) is 0. The summed E-state index contributed by atoms with van der Waals surface area (Å²) in [6, 6.07) is 0. The van der Waals surface area contributed by atoms with Gasteiger partial charge in [0, 0.05) is 31.5 Å². The van der Waals surface area contributed by atoms with Crippen molar-refractivity contribution in [2.24, 2.45) is 0 Å². The third-order valence-corrected chi connectivity index (χ3v) is 3.55. The number of ketones is 1. The van der Waals surface area contributed by atoms with Gasteiger partial charge in [0.05, 0.1) is 5.56 Å². The largest absolute Gasteiger partial charge is 0.455 e. The number of rotatable bonds is 3. The lowest BCUT2D eigenvalue weighted by Crippen LogP contribution is -2.30. The van der Waals surface area contributed by atoms with E-state index in [0.717, 1.165) is 12.8 Å². The quantitative estimate of drug-likeness (QED) is 0.827. The Morgan fingerprint density at radius 1 is 1.28 bits per heavy atom. The molecule has 0 aliphatic heterocycles. The van der Waals surface area contributed by atoms with Crippen LogP contribution in [0, 0.1) is 6.92 Å². The Morgan fingerprint density at radius 3 is 2.50 bits per heavy atom. The predicted molar refractivity (Wildman–Crippen MR) is 68.0 cm³/mol. The van der Waals surface area contributed by atoms with Gasteiger partial charge in [-0.1, -0.05) is 0 Å². The van der Waals surface area contributed by atoms with Gasteiger partial charge in [-0.15, -0.1) is 0 Å². The molecule has 1 aliphatic rings. The number of aryl methyl sites for hydroxylation is 1. The highest BCUT2D eigenvalue weighted by Gasteiger charge is 2.29. The van der Waals surface area contributed by atoms with Crippen molar-refractivity contribution >= 4 is 11.7 Å². The molecule has 0 unspecified atom stereocenters. The van der Waals surface area contributed by atoms with Crippen LogP contribution in [0.3, 0.4) is 0 Å². The number of Topliss-reactive ketones (excluding diaryl/α,β-unsaturated/α-hetero) is 1. The zero-order chi connectivity index (χ0) is 13.3. The van der Waals surface area contributed by atoms with E-state index in [1.165, 1.54) is 0 Å². The maximum absolute atomic E-state index is 12.3. The summed E-state index contributed by atoms with van der Waals surface area (Å²) in [5.74, 6) is 1.04. The smallest absolute Gasteiger partial charge is 0.289 e. The van der Waals surface area contributed by atoms with Gasteiger partial charge in [0.25, 0.3) is 5.91 Å². The van der Waals surface area contributed by atoms with Crippen molar-refractivity contribution in [2.45, 2.75) is 40.0 Å². The number of hydrogen-bond acceptors (Lipinski definition) is 3. The fraction of sp³-hybridized carbons (Fsp3) is 0.571. The van der Waals surface area contributed by atoms with E-state index < -0.39 is 0 Å². The van der Waals surface area contributed by atoms with E-state index >= 15 is 0 Å². The standard InChI is InChI=1S/C14H19NO3/c1-4-15(5-2)14(17)13-9(3)12-10(16)7-6-8-11(12)18-13/h4-8H2,1-3H3. The van der Waals surface area contributed by atoms with E-state index in [0.29, 0.717) is 42.2 Å². The van der Waals surface area contributed by atoms with Crippen molar-refractivity contribution in [3.8, 4) is 0 Å². The Hall–Kier alpha value is -1.58. The van der Waals surface area contributed by atoms with Crippen molar-refractivity contribution < 1.29 is 14.0 Å². The fourth-order valence-electron chi connectivity index (χ4n) is 2.51. The minimum atomic E-state index is -0.111. The van der Waals surface area contributed by atoms with E-state index in [4.69, 9.17) is 4.42 Å². The van der Waals surface area contributed by atoms with Crippen molar-refractivity contribution in [1.29, 1.82) is 0 Å². The van der Waals surface area contributed by atoms with Crippen LogP contribution in [-0.2, 0) is 6.42 Å². The van der Waals surface area contributed by atoms with E-state index in [2.05, 4.69) is 0 Å². The molecule has 0 spiro atoms. The Morgan fingerprint density at radius 2 is 1.94 bits per heavy atom. The molecular weight excluding hydrogens is 230 g/mol. The molecule has 0 saturated heterocycles. The molecule has 0 aromatic carbocycles. The molecule has 2 rings (SSSR count). The number of furan rings is 1. The molecule has 0 fully saturated rings. The normalized spacial score (nSPS) is 14.5. The molecule has 18 heavy (non-hydrogen) atoms. The Balaban J connectivity index is 2.41. The van der Waals surface area contributed by atoms with Gasteiger partial charge in [-0.25, -0.2) is 0 Å². The van der Waals surface area contributed by atoms with Crippen LogP contribution >= 0.6 is 0 Å². The first kappa shape index (κ1) is 12.9. The van der Waals surface area contributed by atoms with Gasteiger partial charge in [0.2, 0.25) is 0 Å². The molecule has 0 atom stereocenters. The SMILES string of the molecule is CCN(CC)C(=O)c1oc2c(c1C)C(=O)CCC2. The summed E-state index contributed by atoms with van der Waals surface area (Å²) in [5.41, 5.74) is 1.36. The molecule has 4 heteroatoms. The third-order valence-electron chi connectivity index (χ3n) is 3.55. The van der Waals surface area contributed by atoms with E-state index in [9.17, 15) is 9.59 Å². The van der Waals surface area contributed by atoms with Crippen molar-refractivity contribution in [2.75, 3.05) is 13.1 Å². The maximum Gasteiger partial charge on any atom is 0.289 e. The molecule has 1 heterocycles. The second-order valence-corrected chi connectivity index (χ2v) is 4.61. The minimum Gasteiger partial charge on any atom is -0.455 e. The summed E-state index contributed by atoms with van der Waals surface area (Å²) in [4.78, 5) is 25.8. The number of nitrogens with zero attached hydrogens (tertiary/aromatic N) is 1. The first-order chi connectivity index (χ1) is 8.60. The molecule has 1 amide bonds. The highest BCUT2D eigenvalue weighted by atomic mass is 16.4. The maximum atomic E-state index is 12.3. The molecule has 1 aliphatic carbocycles. The fourth-order valence-corrected chi connectivity index (χ4v) is 2.51. The third kappa shape index (κ3) is 1.96. The summed E-state index contributed by atoms with van der Waals surface area (Å²) in [6.07, 6.45) is 2.14. The summed E-state index contributed by atoms with van der Waals surface area (Å²) < 4.78 is 5.64. The number of carbonyl (C=O) groups is 2. The lowest BCUT2D eigenvalue weighted by Gasteiger charge is -2.17. The molecule has 0 bridgehead atoms. The van der Waals surface area contributed by atoms with E-state index in [-0.39, 0.29) is 11.7 Å². The van der Waals surface area contributed by atoms with Crippen LogP contribution in [-0.4, -0.2) is 29.7 Å². The number of carbonyl (C=O) groups excluding carboxylic acids is 2. The highest BCUT2D eigenvalue weighted by Crippen LogP contribution is 2.29. The second-order valence-electron chi connectivity index (χ2n) is 4.61. The van der Waals surface area contributed by atoms with E-state index in [1.807, 2.05) is 20.8 Å². The number of fused-ring (bicyclic) bond motifs is 1. The summed E-state index contributed by atoms with van der Waals surface area (Å²) in [6.45, 7) is 6.97. The zero-order valence-corrected chi connectivity index (χ0v) is 11.2. The molecule has 98 valence electrons. The molecule has 4 nitrogen and oxygen atoms in total. The van der Waals surface area contributed by atoms with Gasteiger partial charge < -0.3 is 9.32 Å². The lowest BCUT2D eigenvalue weighted by atomic mass is 9.94. The Labute approximate surface area is 107 Å². The van der Waals surface area contributed by atoms with Crippen molar-refractivity contribution in [1.82, 2.24) is 4.90 Å². The topological polar surface area (TPSA) is 50.5 Å². The van der Waals surface area contributed by atoms with Crippen molar-refractivity contribution in [3.63, 3.8) is 0 Å². The van der Waals surface area contributed by atoms with Crippen LogP contribution < -0.4 is 0 Å². The lowest BCUT2D eigenvalue weighted by molar-refractivity contribution is 0.0737.